The van der Waals surface area contributed by atoms with Crippen molar-refractivity contribution in [3.05, 3.63) is 47.5 Å². The molecule has 0 aliphatic heterocycles. The Morgan fingerprint density at radius 3 is 2.30 bits per heavy atom. The highest BCUT2D eigenvalue weighted by Crippen LogP contribution is 2.31. The molecule has 0 saturated heterocycles. The average Bonchev–Trinajstić information content (AvgIpc) is 2.35. The number of benzene rings is 2. The number of ether oxygens (including phenoxy) is 1. The second kappa shape index (κ2) is 5.17. The minimum Gasteiger partial charge on any atom is -0.455 e. The van der Waals surface area contributed by atoms with Gasteiger partial charge < -0.3 is 10.5 Å². The zero-order valence-corrected chi connectivity index (χ0v) is 12.5. The Morgan fingerprint density at radius 2 is 1.70 bits per heavy atom. The summed E-state index contributed by atoms with van der Waals surface area (Å²) < 4.78 is 28.7. The van der Waals surface area contributed by atoms with Crippen LogP contribution in [0.15, 0.2) is 41.3 Å². The molecule has 0 atom stereocenters. The van der Waals surface area contributed by atoms with Gasteiger partial charge in [-0.2, -0.15) is 0 Å². The Bertz CT molecular complexity index is 752. The molecular weight excluding hydrogens is 274 g/mol. The van der Waals surface area contributed by atoms with E-state index < -0.39 is 9.84 Å². The number of rotatable bonds is 3. The Hall–Kier alpha value is -2.01. The Morgan fingerprint density at radius 1 is 1.00 bits per heavy atom. The van der Waals surface area contributed by atoms with E-state index >= 15 is 0 Å². The summed E-state index contributed by atoms with van der Waals surface area (Å²) in [5.41, 5.74) is 8.23. The third-order valence-electron chi connectivity index (χ3n) is 2.97. The van der Waals surface area contributed by atoms with Gasteiger partial charge in [0.2, 0.25) is 0 Å². The molecule has 5 heteroatoms. The fraction of sp³-hybridized carbons (Fsp3) is 0.200. The van der Waals surface area contributed by atoms with Gasteiger partial charge in [-0.25, -0.2) is 8.42 Å². The van der Waals surface area contributed by atoms with Crippen LogP contribution in [0.25, 0.3) is 0 Å². The Balaban J connectivity index is 2.38. The SMILES string of the molecule is Cc1ccc(C)c(Oc2ccc(S(C)(=O)=O)cc2N)c1. The monoisotopic (exact) mass is 291 g/mol. The van der Waals surface area contributed by atoms with E-state index in [1.54, 1.807) is 6.07 Å². The molecule has 0 aliphatic rings. The summed E-state index contributed by atoms with van der Waals surface area (Å²) in [6.45, 7) is 3.91. The highest BCUT2D eigenvalue weighted by Gasteiger charge is 2.11. The maximum atomic E-state index is 11.5. The van der Waals surface area contributed by atoms with E-state index in [4.69, 9.17) is 10.5 Å². The van der Waals surface area contributed by atoms with Crippen molar-refractivity contribution in [2.24, 2.45) is 0 Å². The summed E-state index contributed by atoms with van der Waals surface area (Å²) in [6, 6.07) is 10.4. The minimum absolute atomic E-state index is 0.184. The first-order valence-electron chi connectivity index (χ1n) is 6.12. The predicted molar refractivity (Wildman–Crippen MR) is 80.0 cm³/mol. The number of sulfone groups is 1. The molecule has 2 aromatic carbocycles. The Labute approximate surface area is 119 Å². The molecule has 0 amide bonds. The second-order valence-corrected chi connectivity index (χ2v) is 6.86. The van der Waals surface area contributed by atoms with Crippen LogP contribution in [0.5, 0.6) is 11.5 Å². The molecule has 20 heavy (non-hydrogen) atoms. The summed E-state index contributed by atoms with van der Waals surface area (Å²) in [6.07, 6.45) is 1.15. The molecule has 4 nitrogen and oxygen atoms in total. The topological polar surface area (TPSA) is 69.4 Å². The normalized spacial score (nSPS) is 11.3. The van der Waals surface area contributed by atoms with Crippen molar-refractivity contribution in [1.29, 1.82) is 0 Å². The molecule has 0 aromatic heterocycles. The highest BCUT2D eigenvalue weighted by molar-refractivity contribution is 7.90. The number of nitrogen functional groups attached to an aromatic ring is 1. The van der Waals surface area contributed by atoms with Crippen LogP contribution < -0.4 is 10.5 Å². The van der Waals surface area contributed by atoms with Crippen molar-refractivity contribution in [2.75, 3.05) is 12.0 Å². The molecule has 0 aliphatic carbocycles. The maximum Gasteiger partial charge on any atom is 0.175 e. The summed E-state index contributed by atoms with van der Waals surface area (Å²) >= 11 is 0. The van der Waals surface area contributed by atoms with Gasteiger partial charge >= 0.3 is 0 Å². The largest absolute Gasteiger partial charge is 0.455 e. The molecule has 0 spiro atoms. The number of hydrogen-bond acceptors (Lipinski definition) is 4. The summed E-state index contributed by atoms with van der Waals surface area (Å²) in [5, 5.41) is 0. The van der Waals surface area contributed by atoms with Crippen LogP contribution in [0.2, 0.25) is 0 Å². The van der Waals surface area contributed by atoms with Crippen molar-refractivity contribution in [1.82, 2.24) is 0 Å². The van der Waals surface area contributed by atoms with E-state index in [9.17, 15) is 8.42 Å². The van der Waals surface area contributed by atoms with E-state index in [1.165, 1.54) is 12.1 Å². The van der Waals surface area contributed by atoms with Crippen LogP contribution in [0.3, 0.4) is 0 Å². The number of aryl methyl sites for hydroxylation is 2. The van der Waals surface area contributed by atoms with Gasteiger partial charge in [-0.1, -0.05) is 12.1 Å². The summed E-state index contributed by atoms with van der Waals surface area (Å²) in [4.78, 5) is 0.184. The van der Waals surface area contributed by atoms with Gasteiger partial charge in [0.15, 0.2) is 9.84 Å². The highest BCUT2D eigenvalue weighted by atomic mass is 32.2. The maximum absolute atomic E-state index is 11.5. The molecule has 2 rings (SSSR count). The average molecular weight is 291 g/mol. The molecule has 0 radical (unpaired) electrons. The van der Waals surface area contributed by atoms with Crippen LogP contribution in [-0.2, 0) is 9.84 Å². The predicted octanol–water partition coefficient (Wildman–Crippen LogP) is 3.08. The van der Waals surface area contributed by atoms with E-state index in [-0.39, 0.29) is 4.90 Å². The molecule has 0 unspecified atom stereocenters. The molecule has 0 bridgehead atoms. The number of anilines is 1. The van der Waals surface area contributed by atoms with Gasteiger partial charge in [0.05, 0.1) is 10.6 Å². The molecule has 106 valence electrons. The van der Waals surface area contributed by atoms with Crippen LogP contribution in [-0.4, -0.2) is 14.7 Å². The van der Waals surface area contributed by atoms with Crippen LogP contribution in [0, 0.1) is 13.8 Å². The van der Waals surface area contributed by atoms with E-state index in [2.05, 4.69) is 0 Å². The fourth-order valence-electron chi connectivity index (χ4n) is 1.79. The van der Waals surface area contributed by atoms with Crippen molar-refractivity contribution in [2.45, 2.75) is 18.7 Å². The van der Waals surface area contributed by atoms with Gasteiger partial charge in [-0.15, -0.1) is 0 Å². The summed E-state index contributed by atoms with van der Waals surface area (Å²) in [5.74, 6) is 1.16. The van der Waals surface area contributed by atoms with Gasteiger partial charge in [-0.05, 0) is 49.2 Å². The van der Waals surface area contributed by atoms with Gasteiger partial charge in [-0.3, -0.25) is 0 Å². The Kier molecular flexibility index (Phi) is 3.72. The number of nitrogens with two attached hydrogens (primary N) is 1. The first-order chi connectivity index (χ1) is 9.27. The quantitative estimate of drug-likeness (QED) is 0.882. The second-order valence-electron chi connectivity index (χ2n) is 4.84. The third kappa shape index (κ3) is 3.11. The summed E-state index contributed by atoms with van der Waals surface area (Å²) in [7, 11) is -3.27. The molecule has 0 heterocycles. The van der Waals surface area contributed by atoms with E-state index in [0.29, 0.717) is 17.2 Å². The zero-order chi connectivity index (χ0) is 14.9. The van der Waals surface area contributed by atoms with Crippen LogP contribution >= 0.6 is 0 Å². The lowest BCUT2D eigenvalue weighted by Gasteiger charge is -2.12. The van der Waals surface area contributed by atoms with Gasteiger partial charge in [0, 0.05) is 6.26 Å². The van der Waals surface area contributed by atoms with Crippen molar-refractivity contribution < 1.29 is 13.2 Å². The number of hydrogen-bond donors (Lipinski definition) is 1. The lowest BCUT2D eigenvalue weighted by molar-refractivity contribution is 0.480. The van der Waals surface area contributed by atoms with Crippen LogP contribution in [0.1, 0.15) is 11.1 Å². The first-order valence-corrected chi connectivity index (χ1v) is 8.01. The van der Waals surface area contributed by atoms with Crippen molar-refractivity contribution in [3.8, 4) is 11.5 Å². The van der Waals surface area contributed by atoms with Crippen molar-refractivity contribution >= 4 is 15.5 Å². The third-order valence-corrected chi connectivity index (χ3v) is 4.08. The molecule has 0 fully saturated rings. The van der Waals surface area contributed by atoms with Crippen LogP contribution in [0.4, 0.5) is 5.69 Å². The van der Waals surface area contributed by atoms with Gasteiger partial charge in [0.1, 0.15) is 11.5 Å². The molecule has 0 saturated carbocycles. The molecule has 2 aromatic rings. The first kappa shape index (κ1) is 14.4. The van der Waals surface area contributed by atoms with Gasteiger partial charge in [0.25, 0.3) is 0 Å². The smallest absolute Gasteiger partial charge is 0.175 e. The zero-order valence-electron chi connectivity index (χ0n) is 11.7. The molecular formula is C15H17NO3S. The van der Waals surface area contributed by atoms with Crippen molar-refractivity contribution in [3.63, 3.8) is 0 Å². The van der Waals surface area contributed by atoms with E-state index in [1.807, 2.05) is 32.0 Å². The minimum atomic E-state index is -3.27. The molecule has 2 N–H and O–H groups in total. The standard InChI is InChI=1S/C15H17NO3S/c1-10-4-5-11(2)15(8-10)19-14-7-6-12(9-13(14)16)20(3,17)18/h4-9H,16H2,1-3H3. The lowest BCUT2D eigenvalue weighted by Crippen LogP contribution is -2.00. The lowest BCUT2D eigenvalue weighted by atomic mass is 10.1. The fourth-order valence-corrected chi connectivity index (χ4v) is 2.44. The van der Waals surface area contributed by atoms with E-state index in [0.717, 1.165) is 17.4 Å².